The third kappa shape index (κ3) is 5.52. The van der Waals surface area contributed by atoms with Gasteiger partial charge in [-0.1, -0.05) is 47.5 Å². The third-order valence-corrected chi connectivity index (χ3v) is 4.90. The van der Waals surface area contributed by atoms with Crippen molar-refractivity contribution in [2.75, 3.05) is 7.11 Å². The molecule has 0 radical (unpaired) electrons. The van der Waals surface area contributed by atoms with Crippen molar-refractivity contribution < 1.29 is 24.1 Å². The number of carboxylic acids is 1. The standard InChI is InChI=1S/C24H17Cl2NO5/c1-30-14-20(24(28)29)19-5-3-2-4-16(19)13-31-18-10-21(25)23(22(26)11-18)32-17-8-6-15(12-27)7-9-17/h2-11,14H,13H2,1H3,(H,28,29). The van der Waals surface area contributed by atoms with Crippen LogP contribution in [0.25, 0.3) is 5.57 Å². The number of hydrogen-bond donors (Lipinski definition) is 1. The number of halogens is 2. The summed E-state index contributed by atoms with van der Waals surface area (Å²) in [5, 5.41) is 18.8. The number of hydrogen-bond acceptors (Lipinski definition) is 5. The Kier molecular flexibility index (Phi) is 7.61. The number of rotatable bonds is 8. The van der Waals surface area contributed by atoms with Crippen LogP contribution in [0.4, 0.5) is 0 Å². The molecule has 0 atom stereocenters. The van der Waals surface area contributed by atoms with Crippen molar-refractivity contribution in [1.82, 2.24) is 0 Å². The van der Waals surface area contributed by atoms with Crippen molar-refractivity contribution in [3.63, 3.8) is 0 Å². The van der Waals surface area contributed by atoms with Gasteiger partial charge in [0, 0.05) is 12.1 Å². The highest BCUT2D eigenvalue weighted by Gasteiger charge is 2.16. The minimum atomic E-state index is -1.12. The van der Waals surface area contributed by atoms with Crippen LogP contribution in [0.1, 0.15) is 16.7 Å². The summed E-state index contributed by atoms with van der Waals surface area (Å²) in [6.45, 7) is 0.0764. The lowest BCUT2D eigenvalue weighted by atomic mass is 10.0. The fourth-order valence-electron chi connectivity index (χ4n) is 2.85. The van der Waals surface area contributed by atoms with Gasteiger partial charge in [0.25, 0.3) is 0 Å². The highest BCUT2D eigenvalue weighted by Crippen LogP contribution is 2.40. The number of carboxylic acid groups (broad SMARTS) is 1. The second-order valence-corrected chi connectivity index (χ2v) is 7.29. The van der Waals surface area contributed by atoms with E-state index < -0.39 is 5.97 Å². The molecule has 162 valence electrons. The molecule has 0 heterocycles. The van der Waals surface area contributed by atoms with E-state index in [1.807, 2.05) is 6.07 Å². The maximum Gasteiger partial charge on any atom is 0.339 e. The zero-order chi connectivity index (χ0) is 23.1. The van der Waals surface area contributed by atoms with Crippen molar-refractivity contribution in [3.05, 3.63) is 93.7 Å². The van der Waals surface area contributed by atoms with Crippen LogP contribution in [0.2, 0.25) is 10.0 Å². The molecule has 0 bridgehead atoms. The number of benzene rings is 3. The Labute approximate surface area is 194 Å². The van der Waals surface area contributed by atoms with Gasteiger partial charge in [0.15, 0.2) is 5.75 Å². The van der Waals surface area contributed by atoms with Crippen LogP contribution in [0, 0.1) is 11.3 Å². The van der Waals surface area contributed by atoms with Gasteiger partial charge in [-0.15, -0.1) is 0 Å². The summed E-state index contributed by atoms with van der Waals surface area (Å²) in [5.74, 6) is -0.00669. The van der Waals surface area contributed by atoms with E-state index in [2.05, 4.69) is 0 Å². The van der Waals surface area contributed by atoms with E-state index in [4.69, 9.17) is 42.7 Å². The Morgan fingerprint density at radius 1 is 1.06 bits per heavy atom. The largest absolute Gasteiger partial charge is 0.503 e. The lowest BCUT2D eigenvalue weighted by Gasteiger charge is -2.14. The van der Waals surface area contributed by atoms with Crippen molar-refractivity contribution in [2.24, 2.45) is 0 Å². The number of nitriles is 1. The predicted octanol–water partition coefficient (Wildman–Crippen LogP) is 6.31. The summed E-state index contributed by atoms with van der Waals surface area (Å²) in [6, 6.07) is 18.6. The van der Waals surface area contributed by atoms with Crippen LogP contribution in [0.3, 0.4) is 0 Å². The first-order valence-corrected chi connectivity index (χ1v) is 10.0. The van der Waals surface area contributed by atoms with Gasteiger partial charge in [0.05, 0.1) is 35.0 Å². The first kappa shape index (κ1) is 23.0. The van der Waals surface area contributed by atoms with Gasteiger partial charge in [-0.3, -0.25) is 0 Å². The molecule has 8 heteroatoms. The highest BCUT2D eigenvalue weighted by molar-refractivity contribution is 6.37. The fraction of sp³-hybridized carbons (Fsp3) is 0.0833. The van der Waals surface area contributed by atoms with E-state index in [1.54, 1.807) is 60.7 Å². The van der Waals surface area contributed by atoms with Crippen LogP contribution in [0.15, 0.2) is 66.9 Å². The fourth-order valence-corrected chi connectivity index (χ4v) is 3.39. The van der Waals surface area contributed by atoms with Crippen LogP contribution < -0.4 is 9.47 Å². The maximum absolute atomic E-state index is 11.6. The Balaban J connectivity index is 1.79. The molecule has 0 aliphatic rings. The average molecular weight is 470 g/mol. The van der Waals surface area contributed by atoms with E-state index in [1.165, 1.54) is 13.4 Å². The van der Waals surface area contributed by atoms with Gasteiger partial charge in [-0.25, -0.2) is 4.79 Å². The molecule has 0 aromatic heterocycles. The summed E-state index contributed by atoms with van der Waals surface area (Å²) in [6.07, 6.45) is 1.17. The molecule has 0 fully saturated rings. The molecule has 0 amide bonds. The van der Waals surface area contributed by atoms with E-state index in [-0.39, 0.29) is 28.0 Å². The van der Waals surface area contributed by atoms with Gasteiger partial charge >= 0.3 is 5.97 Å². The molecule has 32 heavy (non-hydrogen) atoms. The van der Waals surface area contributed by atoms with Gasteiger partial charge in [0.2, 0.25) is 0 Å². The molecule has 0 unspecified atom stereocenters. The minimum absolute atomic E-state index is 0.00827. The van der Waals surface area contributed by atoms with Crippen LogP contribution in [0.5, 0.6) is 17.2 Å². The molecule has 0 aliphatic heterocycles. The predicted molar refractivity (Wildman–Crippen MR) is 121 cm³/mol. The zero-order valence-electron chi connectivity index (χ0n) is 16.8. The van der Waals surface area contributed by atoms with Crippen LogP contribution in [-0.4, -0.2) is 18.2 Å². The molecule has 0 spiro atoms. The number of nitrogens with zero attached hydrogens (tertiary/aromatic N) is 1. The summed E-state index contributed by atoms with van der Waals surface area (Å²) in [7, 11) is 1.38. The van der Waals surface area contributed by atoms with Crippen LogP contribution >= 0.6 is 23.2 Å². The van der Waals surface area contributed by atoms with Crippen molar-refractivity contribution in [1.29, 1.82) is 5.26 Å². The maximum atomic E-state index is 11.6. The van der Waals surface area contributed by atoms with Gasteiger partial charge in [0.1, 0.15) is 23.7 Å². The SMILES string of the molecule is COC=C(C(=O)O)c1ccccc1COc1cc(Cl)c(Oc2ccc(C#N)cc2)c(Cl)c1. The Bertz CT molecular complexity index is 1180. The first-order valence-electron chi connectivity index (χ1n) is 9.27. The molecule has 3 rings (SSSR count). The quantitative estimate of drug-likeness (QED) is 0.307. The Hall–Kier alpha value is -3.66. The number of methoxy groups -OCH3 is 1. The zero-order valence-corrected chi connectivity index (χ0v) is 18.4. The van der Waals surface area contributed by atoms with E-state index in [0.29, 0.717) is 28.2 Å². The smallest absolute Gasteiger partial charge is 0.339 e. The molecular formula is C24H17Cl2NO5. The normalized spacial score (nSPS) is 10.9. The van der Waals surface area contributed by atoms with Crippen molar-refractivity contribution in [3.8, 4) is 23.3 Å². The van der Waals surface area contributed by atoms with Gasteiger partial charge in [-0.2, -0.15) is 5.26 Å². The van der Waals surface area contributed by atoms with E-state index in [9.17, 15) is 9.90 Å². The highest BCUT2D eigenvalue weighted by atomic mass is 35.5. The van der Waals surface area contributed by atoms with E-state index in [0.717, 1.165) is 0 Å². The summed E-state index contributed by atoms with van der Waals surface area (Å²) >= 11 is 12.7. The Morgan fingerprint density at radius 2 is 1.72 bits per heavy atom. The molecular weight excluding hydrogens is 453 g/mol. The molecule has 3 aromatic rings. The monoisotopic (exact) mass is 469 g/mol. The average Bonchev–Trinajstić information content (AvgIpc) is 2.79. The molecule has 0 saturated heterocycles. The first-order chi connectivity index (χ1) is 15.4. The second-order valence-electron chi connectivity index (χ2n) is 6.47. The van der Waals surface area contributed by atoms with E-state index >= 15 is 0 Å². The molecule has 1 N–H and O–H groups in total. The second kappa shape index (κ2) is 10.6. The molecule has 0 saturated carbocycles. The number of carbonyl (C=O) groups is 1. The number of ether oxygens (including phenoxy) is 3. The Morgan fingerprint density at radius 3 is 2.31 bits per heavy atom. The topological polar surface area (TPSA) is 88.8 Å². The lowest BCUT2D eigenvalue weighted by molar-refractivity contribution is -0.130. The molecule has 0 aliphatic carbocycles. The summed E-state index contributed by atoms with van der Waals surface area (Å²) < 4.78 is 16.5. The molecule has 3 aromatic carbocycles. The van der Waals surface area contributed by atoms with Crippen LogP contribution in [-0.2, 0) is 16.1 Å². The van der Waals surface area contributed by atoms with Crippen molar-refractivity contribution in [2.45, 2.75) is 6.61 Å². The summed E-state index contributed by atoms with van der Waals surface area (Å²) in [4.78, 5) is 11.6. The van der Waals surface area contributed by atoms with Gasteiger partial charge in [-0.05, 0) is 35.4 Å². The minimum Gasteiger partial charge on any atom is -0.503 e. The lowest BCUT2D eigenvalue weighted by Crippen LogP contribution is -2.06. The molecule has 6 nitrogen and oxygen atoms in total. The van der Waals surface area contributed by atoms with Gasteiger partial charge < -0.3 is 19.3 Å². The van der Waals surface area contributed by atoms with Crippen molar-refractivity contribution >= 4 is 34.7 Å². The third-order valence-electron chi connectivity index (χ3n) is 4.34. The summed E-state index contributed by atoms with van der Waals surface area (Å²) in [5.41, 5.74) is 1.63. The number of aliphatic carboxylic acids is 1.